The van der Waals surface area contributed by atoms with E-state index in [1.807, 2.05) is 0 Å². The van der Waals surface area contributed by atoms with Gasteiger partial charge in [-0.2, -0.15) is 0 Å². The van der Waals surface area contributed by atoms with Crippen LogP contribution < -0.4 is 22.3 Å². The van der Waals surface area contributed by atoms with Crippen LogP contribution in [-0.4, -0.2) is 45.5 Å². The summed E-state index contributed by atoms with van der Waals surface area (Å²) in [6.07, 6.45) is 1.58. The lowest BCUT2D eigenvalue weighted by Gasteiger charge is -2.15. The maximum Gasteiger partial charge on any atom is 0.330 e. The van der Waals surface area contributed by atoms with Gasteiger partial charge in [0, 0.05) is 36.0 Å². The maximum atomic E-state index is 11.8. The van der Waals surface area contributed by atoms with Gasteiger partial charge in [0.05, 0.1) is 13.2 Å². The highest BCUT2D eigenvalue weighted by molar-refractivity contribution is 7.84. The molecule has 1 rings (SSSR count). The molecule has 0 saturated heterocycles. The lowest BCUT2D eigenvalue weighted by atomic mass is 10.4. The number of anilines is 2. The molecule has 0 aliphatic rings. The van der Waals surface area contributed by atoms with Crippen molar-refractivity contribution in [1.29, 1.82) is 0 Å². The van der Waals surface area contributed by atoms with Crippen LogP contribution in [0.15, 0.2) is 9.59 Å². The van der Waals surface area contributed by atoms with E-state index in [-0.39, 0.29) is 23.3 Å². The number of nitrogens with two attached hydrogens (primary N) is 1. The lowest BCUT2D eigenvalue weighted by molar-refractivity contribution is 0.186. The van der Waals surface area contributed by atoms with Crippen LogP contribution in [-0.2, 0) is 22.1 Å². The van der Waals surface area contributed by atoms with Crippen molar-refractivity contribution in [2.45, 2.75) is 18.7 Å². The summed E-state index contributed by atoms with van der Waals surface area (Å²) in [5.41, 5.74) is 4.78. The molecule has 0 bridgehead atoms. The van der Waals surface area contributed by atoms with Gasteiger partial charge in [0.1, 0.15) is 11.5 Å². The fraction of sp³-hybridized carbons (Fsp3) is 0.636. The van der Waals surface area contributed by atoms with Crippen molar-refractivity contribution in [3.63, 3.8) is 0 Å². The number of methoxy groups -OCH3 is 1. The van der Waals surface area contributed by atoms with Crippen LogP contribution in [0.3, 0.4) is 0 Å². The maximum absolute atomic E-state index is 11.8. The first-order valence-corrected chi connectivity index (χ1v) is 7.68. The number of rotatable bonds is 7. The predicted octanol–water partition coefficient (Wildman–Crippen LogP) is -1.06. The van der Waals surface area contributed by atoms with E-state index >= 15 is 0 Å². The zero-order valence-corrected chi connectivity index (χ0v) is 12.6. The zero-order valence-electron chi connectivity index (χ0n) is 11.8. The zero-order chi connectivity index (χ0) is 15.3. The fourth-order valence-corrected chi connectivity index (χ4v) is 1.84. The molecule has 4 N–H and O–H groups in total. The summed E-state index contributed by atoms with van der Waals surface area (Å²) in [5.74, 6) is 0.0462. The first-order chi connectivity index (χ1) is 9.38. The molecule has 0 saturated carbocycles. The first-order valence-electron chi connectivity index (χ1n) is 6.06. The molecule has 114 valence electrons. The van der Waals surface area contributed by atoms with E-state index in [4.69, 9.17) is 10.5 Å². The molecule has 8 nitrogen and oxygen atoms in total. The quantitative estimate of drug-likeness (QED) is 0.591. The standard InChI is InChI=1S/C11H20N4O4S/c1-7(20(3)18)6-13-8-9(12)15(4-5-19-2)11(17)14-10(8)16/h7,13H,4-6,12H2,1-3H3,(H,14,16,17). The minimum Gasteiger partial charge on any atom is -0.383 e. The third-order valence-corrected chi connectivity index (χ3v) is 4.19. The minimum absolute atomic E-state index is 0.0462. The van der Waals surface area contributed by atoms with Gasteiger partial charge < -0.3 is 15.8 Å². The monoisotopic (exact) mass is 304 g/mol. The normalized spacial score (nSPS) is 13.9. The summed E-state index contributed by atoms with van der Waals surface area (Å²) in [6, 6.07) is 0. The Bertz CT molecular complexity index is 595. The molecule has 2 unspecified atom stereocenters. The number of aromatic amines is 1. The smallest absolute Gasteiger partial charge is 0.330 e. The van der Waals surface area contributed by atoms with Crippen LogP contribution in [0.1, 0.15) is 6.92 Å². The summed E-state index contributed by atoms with van der Waals surface area (Å²) in [7, 11) is 0.488. The lowest BCUT2D eigenvalue weighted by Crippen LogP contribution is -2.36. The molecule has 0 aliphatic carbocycles. The number of hydrogen-bond acceptors (Lipinski definition) is 6. The van der Waals surface area contributed by atoms with E-state index in [1.54, 1.807) is 13.2 Å². The molecule has 0 radical (unpaired) electrons. The van der Waals surface area contributed by atoms with Crippen molar-refractivity contribution in [1.82, 2.24) is 9.55 Å². The largest absolute Gasteiger partial charge is 0.383 e. The Labute approximate surface area is 118 Å². The van der Waals surface area contributed by atoms with Crippen molar-refractivity contribution in [2.75, 3.05) is 37.6 Å². The average molecular weight is 304 g/mol. The molecule has 0 aromatic carbocycles. The number of nitrogen functional groups attached to an aromatic ring is 1. The molecule has 0 fully saturated rings. The van der Waals surface area contributed by atoms with Gasteiger partial charge >= 0.3 is 5.69 Å². The highest BCUT2D eigenvalue weighted by Crippen LogP contribution is 2.10. The third kappa shape index (κ3) is 3.94. The number of hydrogen-bond donors (Lipinski definition) is 3. The SMILES string of the molecule is COCCn1c(N)c(NCC(C)S(C)=O)c(=O)[nH]c1=O. The number of aromatic nitrogens is 2. The first kappa shape index (κ1) is 16.4. The van der Waals surface area contributed by atoms with Crippen molar-refractivity contribution in [3.05, 3.63) is 20.8 Å². The highest BCUT2D eigenvalue weighted by Gasteiger charge is 2.13. The van der Waals surface area contributed by atoms with E-state index in [0.29, 0.717) is 13.2 Å². The average Bonchev–Trinajstić information content (AvgIpc) is 2.37. The Morgan fingerprint density at radius 2 is 2.15 bits per heavy atom. The van der Waals surface area contributed by atoms with Crippen molar-refractivity contribution >= 4 is 22.3 Å². The fourth-order valence-electron chi connectivity index (χ4n) is 1.53. The van der Waals surface area contributed by atoms with E-state index in [2.05, 4.69) is 10.3 Å². The van der Waals surface area contributed by atoms with Gasteiger partial charge in [0.2, 0.25) is 0 Å². The van der Waals surface area contributed by atoms with Crippen LogP contribution in [0.25, 0.3) is 0 Å². The van der Waals surface area contributed by atoms with Gasteiger partial charge in [-0.3, -0.25) is 18.6 Å². The van der Waals surface area contributed by atoms with Gasteiger partial charge in [-0.25, -0.2) is 4.79 Å². The van der Waals surface area contributed by atoms with Crippen LogP contribution in [0, 0.1) is 0 Å². The van der Waals surface area contributed by atoms with Crippen molar-refractivity contribution in [2.24, 2.45) is 0 Å². The van der Waals surface area contributed by atoms with E-state index in [1.165, 1.54) is 11.7 Å². The van der Waals surface area contributed by atoms with Crippen molar-refractivity contribution < 1.29 is 8.95 Å². The topological polar surface area (TPSA) is 119 Å². The van der Waals surface area contributed by atoms with Gasteiger partial charge in [-0.15, -0.1) is 0 Å². The van der Waals surface area contributed by atoms with E-state index in [9.17, 15) is 13.8 Å². The summed E-state index contributed by atoms with van der Waals surface area (Å²) in [5, 5.41) is 2.70. The molecule has 1 aromatic heterocycles. The number of nitrogens with zero attached hydrogens (tertiary/aromatic N) is 1. The van der Waals surface area contributed by atoms with Gasteiger partial charge in [0.25, 0.3) is 5.56 Å². The molecule has 1 heterocycles. The van der Waals surface area contributed by atoms with Crippen LogP contribution in [0.4, 0.5) is 11.5 Å². The molecule has 9 heteroatoms. The molecule has 0 amide bonds. The molecule has 0 spiro atoms. The molecule has 1 aromatic rings. The number of H-pyrrole nitrogens is 1. The Morgan fingerprint density at radius 1 is 1.50 bits per heavy atom. The Balaban J connectivity index is 3.04. The highest BCUT2D eigenvalue weighted by atomic mass is 32.2. The Kier molecular flexibility index (Phi) is 5.96. The van der Waals surface area contributed by atoms with Crippen LogP contribution >= 0.6 is 0 Å². The molecule has 0 aliphatic heterocycles. The minimum atomic E-state index is -1.02. The van der Waals surface area contributed by atoms with E-state index < -0.39 is 22.0 Å². The molecule has 2 atom stereocenters. The van der Waals surface area contributed by atoms with Crippen molar-refractivity contribution in [3.8, 4) is 0 Å². The summed E-state index contributed by atoms with van der Waals surface area (Å²) in [4.78, 5) is 25.6. The number of nitrogens with one attached hydrogen (secondary N) is 2. The van der Waals surface area contributed by atoms with E-state index in [0.717, 1.165) is 0 Å². The van der Waals surface area contributed by atoms with Gasteiger partial charge in [-0.1, -0.05) is 0 Å². The second-order valence-electron chi connectivity index (χ2n) is 4.35. The number of ether oxygens (including phenoxy) is 1. The second-order valence-corrected chi connectivity index (χ2v) is 6.16. The van der Waals surface area contributed by atoms with Crippen LogP contribution in [0.2, 0.25) is 0 Å². The van der Waals surface area contributed by atoms with Gasteiger partial charge in [0.15, 0.2) is 0 Å². The Hall–Kier alpha value is -1.61. The van der Waals surface area contributed by atoms with Gasteiger partial charge in [-0.05, 0) is 6.92 Å². The summed E-state index contributed by atoms with van der Waals surface area (Å²) < 4.78 is 17.4. The summed E-state index contributed by atoms with van der Waals surface area (Å²) in [6.45, 7) is 2.64. The predicted molar refractivity (Wildman–Crippen MR) is 79.6 cm³/mol. The Morgan fingerprint density at radius 3 is 2.70 bits per heavy atom. The third-order valence-electron chi connectivity index (χ3n) is 2.89. The second kappa shape index (κ2) is 7.25. The summed E-state index contributed by atoms with van der Waals surface area (Å²) >= 11 is 0. The van der Waals surface area contributed by atoms with Crippen LogP contribution in [0.5, 0.6) is 0 Å². The molecule has 20 heavy (non-hydrogen) atoms. The molecular formula is C11H20N4O4S. The molecular weight excluding hydrogens is 284 g/mol.